The van der Waals surface area contributed by atoms with Gasteiger partial charge in [0.15, 0.2) is 0 Å². The van der Waals surface area contributed by atoms with Gasteiger partial charge >= 0.3 is 6.03 Å². The molecular weight excluding hydrogens is 243 g/mol. The first-order chi connectivity index (χ1) is 8.99. The standard InChI is InChI=1S/C15H21FN2O/c1-10-8-12(4-7-14(10)16)9-17-15(19)18(3)11(2)13-5-6-13/h4,7-8,11,13H,5-6,9H2,1-3H3,(H,17,19). The van der Waals surface area contributed by atoms with Crippen LogP contribution in [-0.2, 0) is 6.54 Å². The summed E-state index contributed by atoms with van der Waals surface area (Å²) in [6, 6.07) is 5.12. The average molecular weight is 264 g/mol. The third kappa shape index (κ3) is 3.46. The van der Waals surface area contributed by atoms with Crippen LogP contribution in [0.15, 0.2) is 18.2 Å². The Morgan fingerprint density at radius 2 is 2.21 bits per heavy atom. The molecule has 1 saturated carbocycles. The van der Waals surface area contributed by atoms with Gasteiger partial charge in [0.2, 0.25) is 0 Å². The zero-order chi connectivity index (χ0) is 14.0. The van der Waals surface area contributed by atoms with Gasteiger partial charge in [-0.25, -0.2) is 9.18 Å². The van der Waals surface area contributed by atoms with Crippen LogP contribution in [0.25, 0.3) is 0 Å². The van der Waals surface area contributed by atoms with Gasteiger partial charge in [0.25, 0.3) is 0 Å². The highest BCUT2D eigenvalue weighted by molar-refractivity contribution is 5.74. The summed E-state index contributed by atoms with van der Waals surface area (Å²) < 4.78 is 13.1. The second-order valence-electron chi connectivity index (χ2n) is 5.43. The highest BCUT2D eigenvalue weighted by atomic mass is 19.1. The molecule has 2 amide bonds. The van der Waals surface area contributed by atoms with Crippen molar-refractivity contribution in [2.75, 3.05) is 7.05 Å². The Morgan fingerprint density at radius 1 is 1.53 bits per heavy atom. The molecule has 0 spiro atoms. The SMILES string of the molecule is Cc1cc(CNC(=O)N(C)C(C)C2CC2)ccc1F. The number of urea groups is 1. The molecule has 0 saturated heterocycles. The summed E-state index contributed by atoms with van der Waals surface area (Å²) in [5, 5.41) is 2.87. The zero-order valence-corrected chi connectivity index (χ0v) is 11.7. The number of nitrogens with zero attached hydrogens (tertiary/aromatic N) is 1. The molecule has 1 aromatic carbocycles. The maximum absolute atomic E-state index is 13.1. The average Bonchev–Trinajstić information content (AvgIpc) is 3.22. The summed E-state index contributed by atoms with van der Waals surface area (Å²) >= 11 is 0. The summed E-state index contributed by atoms with van der Waals surface area (Å²) in [7, 11) is 1.83. The fraction of sp³-hybridized carbons (Fsp3) is 0.533. The Labute approximate surface area is 113 Å². The molecule has 0 heterocycles. The van der Waals surface area contributed by atoms with Crippen LogP contribution in [0.4, 0.5) is 9.18 Å². The Balaban J connectivity index is 1.86. The van der Waals surface area contributed by atoms with Crippen LogP contribution in [-0.4, -0.2) is 24.0 Å². The number of aryl methyl sites for hydroxylation is 1. The Bertz CT molecular complexity index is 471. The molecule has 0 aliphatic heterocycles. The van der Waals surface area contributed by atoms with Gasteiger partial charge in [-0.15, -0.1) is 0 Å². The molecule has 2 rings (SSSR count). The van der Waals surface area contributed by atoms with Crippen LogP contribution >= 0.6 is 0 Å². The second-order valence-corrected chi connectivity index (χ2v) is 5.43. The van der Waals surface area contributed by atoms with Crippen molar-refractivity contribution < 1.29 is 9.18 Å². The predicted molar refractivity (Wildman–Crippen MR) is 73.3 cm³/mol. The molecular formula is C15H21FN2O. The van der Waals surface area contributed by atoms with Gasteiger partial charge in [-0.1, -0.05) is 12.1 Å². The monoisotopic (exact) mass is 264 g/mol. The first-order valence-electron chi connectivity index (χ1n) is 6.74. The van der Waals surface area contributed by atoms with E-state index in [0.29, 0.717) is 18.0 Å². The number of halogens is 1. The minimum absolute atomic E-state index is 0.0682. The van der Waals surface area contributed by atoms with Crippen molar-refractivity contribution in [2.24, 2.45) is 5.92 Å². The first kappa shape index (κ1) is 13.8. The van der Waals surface area contributed by atoms with E-state index in [9.17, 15) is 9.18 Å². The molecule has 0 bridgehead atoms. The van der Waals surface area contributed by atoms with E-state index in [-0.39, 0.29) is 17.9 Å². The number of amides is 2. The molecule has 1 aromatic rings. The van der Waals surface area contributed by atoms with Crippen LogP contribution < -0.4 is 5.32 Å². The van der Waals surface area contributed by atoms with Crippen LogP contribution in [0, 0.1) is 18.7 Å². The summed E-state index contributed by atoms with van der Waals surface area (Å²) in [4.78, 5) is 13.7. The highest BCUT2D eigenvalue weighted by Gasteiger charge is 2.32. The molecule has 19 heavy (non-hydrogen) atoms. The lowest BCUT2D eigenvalue weighted by molar-refractivity contribution is 0.187. The van der Waals surface area contributed by atoms with Crippen molar-refractivity contribution in [2.45, 2.75) is 39.3 Å². The Hall–Kier alpha value is -1.58. The van der Waals surface area contributed by atoms with Gasteiger partial charge in [-0.3, -0.25) is 0 Å². The first-order valence-corrected chi connectivity index (χ1v) is 6.74. The van der Waals surface area contributed by atoms with Crippen molar-refractivity contribution in [1.29, 1.82) is 0 Å². The summed E-state index contributed by atoms with van der Waals surface area (Å²) in [6.07, 6.45) is 2.44. The van der Waals surface area contributed by atoms with Gasteiger partial charge in [-0.2, -0.15) is 0 Å². The van der Waals surface area contributed by atoms with E-state index < -0.39 is 0 Å². The van der Waals surface area contributed by atoms with E-state index in [1.165, 1.54) is 18.9 Å². The predicted octanol–water partition coefficient (Wildman–Crippen LogP) is 3.07. The minimum Gasteiger partial charge on any atom is -0.334 e. The number of hydrogen-bond acceptors (Lipinski definition) is 1. The van der Waals surface area contributed by atoms with Gasteiger partial charge in [0, 0.05) is 19.6 Å². The molecule has 1 atom stereocenters. The lowest BCUT2D eigenvalue weighted by Crippen LogP contribution is -2.43. The van der Waals surface area contributed by atoms with Crippen molar-refractivity contribution in [1.82, 2.24) is 10.2 Å². The van der Waals surface area contributed by atoms with E-state index in [2.05, 4.69) is 12.2 Å². The van der Waals surface area contributed by atoms with E-state index >= 15 is 0 Å². The van der Waals surface area contributed by atoms with Gasteiger partial charge in [-0.05, 0) is 49.8 Å². The fourth-order valence-corrected chi connectivity index (χ4v) is 2.20. The van der Waals surface area contributed by atoms with E-state index in [1.807, 2.05) is 7.05 Å². The van der Waals surface area contributed by atoms with Crippen LogP contribution in [0.5, 0.6) is 0 Å². The maximum atomic E-state index is 13.1. The van der Waals surface area contributed by atoms with Crippen molar-refractivity contribution in [3.05, 3.63) is 35.1 Å². The summed E-state index contributed by atoms with van der Waals surface area (Å²) in [5.41, 5.74) is 1.52. The molecule has 0 aromatic heterocycles. The highest BCUT2D eigenvalue weighted by Crippen LogP contribution is 2.34. The number of nitrogens with one attached hydrogen (secondary N) is 1. The van der Waals surface area contributed by atoms with E-state index in [4.69, 9.17) is 0 Å². The quantitative estimate of drug-likeness (QED) is 0.890. The third-order valence-corrected chi connectivity index (χ3v) is 3.90. The van der Waals surface area contributed by atoms with Crippen LogP contribution in [0.3, 0.4) is 0 Å². The third-order valence-electron chi connectivity index (χ3n) is 3.90. The van der Waals surface area contributed by atoms with E-state index in [1.54, 1.807) is 24.0 Å². The number of benzene rings is 1. The minimum atomic E-state index is -0.213. The van der Waals surface area contributed by atoms with Crippen molar-refractivity contribution in [3.63, 3.8) is 0 Å². The van der Waals surface area contributed by atoms with Crippen LogP contribution in [0.2, 0.25) is 0 Å². The summed E-state index contributed by atoms with van der Waals surface area (Å²) in [5.74, 6) is 0.443. The maximum Gasteiger partial charge on any atom is 0.317 e. The van der Waals surface area contributed by atoms with Gasteiger partial charge in [0.1, 0.15) is 5.82 Å². The van der Waals surface area contributed by atoms with Gasteiger partial charge in [0.05, 0.1) is 0 Å². The molecule has 1 aliphatic carbocycles. The Morgan fingerprint density at radius 3 is 2.79 bits per heavy atom. The molecule has 104 valence electrons. The van der Waals surface area contributed by atoms with Crippen molar-refractivity contribution >= 4 is 6.03 Å². The largest absolute Gasteiger partial charge is 0.334 e. The number of carbonyl (C=O) groups is 1. The molecule has 1 N–H and O–H groups in total. The molecule has 0 radical (unpaired) electrons. The smallest absolute Gasteiger partial charge is 0.317 e. The Kier molecular flexibility index (Phi) is 4.08. The van der Waals surface area contributed by atoms with E-state index in [0.717, 1.165) is 5.56 Å². The molecule has 1 unspecified atom stereocenters. The molecule has 1 fully saturated rings. The molecule has 1 aliphatic rings. The van der Waals surface area contributed by atoms with Crippen LogP contribution in [0.1, 0.15) is 30.9 Å². The number of carbonyl (C=O) groups excluding carboxylic acids is 1. The second kappa shape index (κ2) is 5.59. The molecule has 3 nitrogen and oxygen atoms in total. The normalized spacial score (nSPS) is 16.0. The summed E-state index contributed by atoms with van der Waals surface area (Å²) in [6.45, 7) is 4.24. The lowest BCUT2D eigenvalue weighted by Gasteiger charge is -2.25. The number of hydrogen-bond donors (Lipinski definition) is 1. The zero-order valence-electron chi connectivity index (χ0n) is 11.7. The number of rotatable bonds is 4. The lowest BCUT2D eigenvalue weighted by atomic mass is 10.1. The fourth-order valence-electron chi connectivity index (χ4n) is 2.20. The van der Waals surface area contributed by atoms with Crippen molar-refractivity contribution in [3.8, 4) is 0 Å². The van der Waals surface area contributed by atoms with Gasteiger partial charge < -0.3 is 10.2 Å². The molecule has 4 heteroatoms. The topological polar surface area (TPSA) is 32.3 Å².